The van der Waals surface area contributed by atoms with Crippen LogP contribution in [0.1, 0.15) is 19.8 Å². The minimum atomic E-state index is 0.0787. The van der Waals surface area contributed by atoms with Crippen LogP contribution in [-0.2, 0) is 4.79 Å². The van der Waals surface area contributed by atoms with Crippen molar-refractivity contribution in [3.05, 3.63) is 28.7 Å². The van der Waals surface area contributed by atoms with Crippen molar-refractivity contribution in [3.8, 4) is 5.75 Å². The summed E-state index contributed by atoms with van der Waals surface area (Å²) < 4.78 is 6.44. The van der Waals surface area contributed by atoms with E-state index in [2.05, 4.69) is 15.9 Å². The predicted octanol–water partition coefficient (Wildman–Crippen LogP) is 2.84. The van der Waals surface area contributed by atoms with E-state index in [0.29, 0.717) is 6.04 Å². The first-order chi connectivity index (χ1) is 8.20. The average molecular weight is 298 g/mol. The molecule has 0 atom stereocenters. The summed E-state index contributed by atoms with van der Waals surface area (Å²) in [5.41, 5.74) is 0. The maximum absolute atomic E-state index is 11.9. The summed E-state index contributed by atoms with van der Waals surface area (Å²) in [4.78, 5) is 13.8. The molecule has 17 heavy (non-hydrogen) atoms. The highest BCUT2D eigenvalue weighted by Crippen LogP contribution is 2.26. The minimum absolute atomic E-state index is 0.0787. The summed E-state index contributed by atoms with van der Waals surface area (Å²) in [7, 11) is 0. The van der Waals surface area contributed by atoms with Gasteiger partial charge in [-0.1, -0.05) is 22.0 Å². The first kappa shape index (κ1) is 12.4. The van der Waals surface area contributed by atoms with E-state index < -0.39 is 0 Å². The summed E-state index contributed by atoms with van der Waals surface area (Å²) in [6.07, 6.45) is 2.27. The molecule has 1 fully saturated rings. The van der Waals surface area contributed by atoms with Gasteiger partial charge in [0.05, 0.1) is 0 Å². The highest BCUT2D eigenvalue weighted by atomic mass is 79.9. The van der Waals surface area contributed by atoms with Crippen molar-refractivity contribution in [2.45, 2.75) is 25.8 Å². The number of amides is 1. The lowest BCUT2D eigenvalue weighted by atomic mass is 10.3. The molecule has 1 aliphatic rings. The first-order valence-corrected chi connectivity index (χ1v) is 6.68. The number of ether oxygens (including phenoxy) is 1. The Morgan fingerprint density at radius 2 is 2.29 bits per heavy atom. The van der Waals surface area contributed by atoms with Gasteiger partial charge in [-0.2, -0.15) is 0 Å². The Labute approximate surface area is 110 Å². The van der Waals surface area contributed by atoms with Crippen molar-refractivity contribution >= 4 is 21.8 Å². The SMILES string of the molecule is CCN(C(=O)COc1cccc(Br)c1)C1CC1. The third kappa shape index (κ3) is 3.46. The van der Waals surface area contributed by atoms with Gasteiger partial charge in [0.2, 0.25) is 0 Å². The minimum Gasteiger partial charge on any atom is -0.484 e. The van der Waals surface area contributed by atoms with Crippen molar-refractivity contribution < 1.29 is 9.53 Å². The van der Waals surface area contributed by atoms with E-state index in [9.17, 15) is 4.79 Å². The highest BCUT2D eigenvalue weighted by Gasteiger charge is 2.31. The fourth-order valence-electron chi connectivity index (χ4n) is 1.81. The van der Waals surface area contributed by atoms with Crippen LogP contribution in [0.15, 0.2) is 28.7 Å². The largest absolute Gasteiger partial charge is 0.484 e. The van der Waals surface area contributed by atoms with Crippen LogP contribution in [-0.4, -0.2) is 30.0 Å². The van der Waals surface area contributed by atoms with E-state index in [1.807, 2.05) is 36.1 Å². The molecular formula is C13H16BrNO2. The van der Waals surface area contributed by atoms with E-state index in [-0.39, 0.29) is 12.5 Å². The van der Waals surface area contributed by atoms with Gasteiger partial charge in [-0.25, -0.2) is 0 Å². The number of hydrogen-bond acceptors (Lipinski definition) is 2. The Bertz CT molecular complexity index is 404. The molecule has 1 aromatic carbocycles. The molecule has 0 radical (unpaired) electrons. The van der Waals surface area contributed by atoms with Crippen LogP contribution in [0.4, 0.5) is 0 Å². The van der Waals surface area contributed by atoms with Gasteiger partial charge in [0.1, 0.15) is 5.75 Å². The summed E-state index contributed by atoms with van der Waals surface area (Å²) in [5, 5.41) is 0. The lowest BCUT2D eigenvalue weighted by molar-refractivity contribution is -0.133. The number of carbonyl (C=O) groups excluding carboxylic acids is 1. The quantitative estimate of drug-likeness (QED) is 0.836. The Balaban J connectivity index is 1.86. The van der Waals surface area contributed by atoms with Crippen LogP contribution < -0.4 is 4.74 Å². The molecule has 0 heterocycles. The molecule has 0 aliphatic heterocycles. The molecule has 0 spiro atoms. The second-order valence-electron chi connectivity index (χ2n) is 4.16. The molecule has 3 nitrogen and oxygen atoms in total. The number of likely N-dealkylation sites (N-methyl/N-ethyl adjacent to an activating group) is 1. The topological polar surface area (TPSA) is 29.5 Å². The second kappa shape index (κ2) is 5.54. The molecule has 0 bridgehead atoms. The molecule has 1 amide bonds. The molecule has 1 aromatic rings. The number of benzene rings is 1. The Morgan fingerprint density at radius 1 is 1.53 bits per heavy atom. The normalized spacial score (nSPS) is 14.5. The fraction of sp³-hybridized carbons (Fsp3) is 0.462. The van der Waals surface area contributed by atoms with Crippen molar-refractivity contribution in [3.63, 3.8) is 0 Å². The van der Waals surface area contributed by atoms with Crippen LogP contribution in [0.3, 0.4) is 0 Å². The molecular weight excluding hydrogens is 282 g/mol. The molecule has 1 aliphatic carbocycles. The molecule has 4 heteroatoms. The van der Waals surface area contributed by atoms with Crippen LogP contribution in [0.5, 0.6) is 5.75 Å². The summed E-state index contributed by atoms with van der Waals surface area (Å²) >= 11 is 3.37. The van der Waals surface area contributed by atoms with Crippen LogP contribution in [0, 0.1) is 0 Å². The van der Waals surface area contributed by atoms with E-state index >= 15 is 0 Å². The number of nitrogens with zero attached hydrogens (tertiary/aromatic N) is 1. The standard InChI is InChI=1S/C13H16BrNO2/c1-2-15(11-6-7-11)13(16)9-17-12-5-3-4-10(14)8-12/h3-5,8,11H,2,6-7,9H2,1H3. The zero-order valence-corrected chi connectivity index (χ0v) is 11.4. The van der Waals surface area contributed by atoms with Crippen LogP contribution >= 0.6 is 15.9 Å². The van der Waals surface area contributed by atoms with E-state index in [1.165, 1.54) is 0 Å². The molecule has 0 N–H and O–H groups in total. The Kier molecular flexibility index (Phi) is 4.05. The molecule has 92 valence electrons. The third-order valence-electron chi connectivity index (χ3n) is 2.81. The van der Waals surface area contributed by atoms with Gasteiger partial charge in [-0.3, -0.25) is 4.79 Å². The maximum atomic E-state index is 11.9. The summed E-state index contributed by atoms with van der Waals surface area (Å²) in [6.45, 7) is 2.90. The number of hydrogen-bond donors (Lipinski definition) is 0. The van der Waals surface area contributed by atoms with Crippen LogP contribution in [0.2, 0.25) is 0 Å². The average Bonchev–Trinajstić information content (AvgIpc) is 3.12. The fourth-order valence-corrected chi connectivity index (χ4v) is 2.19. The lowest BCUT2D eigenvalue weighted by Crippen LogP contribution is -2.36. The molecule has 0 aromatic heterocycles. The van der Waals surface area contributed by atoms with E-state index in [0.717, 1.165) is 29.6 Å². The first-order valence-electron chi connectivity index (χ1n) is 5.88. The zero-order chi connectivity index (χ0) is 12.3. The summed E-state index contributed by atoms with van der Waals surface area (Å²) in [6, 6.07) is 7.99. The van der Waals surface area contributed by atoms with Crippen LogP contribution in [0.25, 0.3) is 0 Å². The monoisotopic (exact) mass is 297 g/mol. The number of rotatable bonds is 5. The molecule has 0 saturated heterocycles. The second-order valence-corrected chi connectivity index (χ2v) is 5.07. The van der Waals surface area contributed by atoms with E-state index in [4.69, 9.17) is 4.74 Å². The lowest BCUT2D eigenvalue weighted by Gasteiger charge is -2.20. The predicted molar refractivity (Wildman–Crippen MR) is 70.0 cm³/mol. The van der Waals surface area contributed by atoms with Gasteiger partial charge >= 0.3 is 0 Å². The Morgan fingerprint density at radius 3 is 2.88 bits per heavy atom. The van der Waals surface area contributed by atoms with Gasteiger partial charge in [0, 0.05) is 17.1 Å². The smallest absolute Gasteiger partial charge is 0.260 e. The highest BCUT2D eigenvalue weighted by molar-refractivity contribution is 9.10. The van der Waals surface area contributed by atoms with Gasteiger partial charge in [0.25, 0.3) is 5.91 Å². The van der Waals surface area contributed by atoms with Crippen molar-refractivity contribution in [1.29, 1.82) is 0 Å². The third-order valence-corrected chi connectivity index (χ3v) is 3.30. The van der Waals surface area contributed by atoms with Crippen molar-refractivity contribution in [2.24, 2.45) is 0 Å². The number of carbonyl (C=O) groups is 1. The van der Waals surface area contributed by atoms with E-state index in [1.54, 1.807) is 0 Å². The summed E-state index contributed by atoms with van der Waals surface area (Å²) in [5.74, 6) is 0.801. The van der Waals surface area contributed by atoms with Gasteiger partial charge < -0.3 is 9.64 Å². The van der Waals surface area contributed by atoms with Gasteiger partial charge in [-0.05, 0) is 38.0 Å². The molecule has 2 rings (SSSR count). The molecule has 0 unspecified atom stereocenters. The maximum Gasteiger partial charge on any atom is 0.260 e. The molecule has 1 saturated carbocycles. The zero-order valence-electron chi connectivity index (χ0n) is 9.86. The Hall–Kier alpha value is -1.03. The van der Waals surface area contributed by atoms with Crippen molar-refractivity contribution in [1.82, 2.24) is 4.90 Å². The number of halogens is 1. The van der Waals surface area contributed by atoms with Gasteiger partial charge in [0.15, 0.2) is 6.61 Å². The van der Waals surface area contributed by atoms with Gasteiger partial charge in [-0.15, -0.1) is 0 Å². The van der Waals surface area contributed by atoms with Crippen molar-refractivity contribution in [2.75, 3.05) is 13.2 Å².